The van der Waals surface area contributed by atoms with E-state index in [0.717, 1.165) is 59.0 Å². The Bertz CT molecular complexity index is 2030. The maximum absolute atomic E-state index is 10.2. The van der Waals surface area contributed by atoms with Gasteiger partial charge in [0.15, 0.2) is 0 Å². The first-order valence-electron chi connectivity index (χ1n) is 17.6. The second-order valence-corrected chi connectivity index (χ2v) is 14.1. The van der Waals surface area contributed by atoms with Crippen molar-refractivity contribution in [2.75, 3.05) is 0 Å². The Morgan fingerprint density at radius 2 is 1.42 bits per heavy atom. The molecule has 5 aromatic rings. The number of nitrogens with zero attached hydrogens (tertiary/aromatic N) is 2. The summed E-state index contributed by atoms with van der Waals surface area (Å²) in [7, 11) is 0. The van der Waals surface area contributed by atoms with Gasteiger partial charge in [-0.05, 0) is 120 Å². The molecule has 0 saturated heterocycles. The van der Waals surface area contributed by atoms with E-state index < -0.39 is 0 Å². The van der Waals surface area contributed by atoms with Crippen LogP contribution < -0.4 is 0 Å². The standard InChI is InChI=1S/C30H23N2.C15H28O2.Ir/c1-18-11-19(2)13-25(12-18)30-28-8-5-23-16-24(6-7-26(23)27(28)9-10-32-30)29-20(3)14-22(17-31)15-21(29)4;1-7-14(5,8-2)12(16)11-13(17)15(6,9-3)10-4;/h5-12,14-16H,1-4H3;11,16H,7-10H2,1-6H3;/q-1;;/p+1/b;12-11-;. The number of fused-ring (bicyclic) bond motifs is 3. The number of pyridine rings is 1. The zero-order valence-corrected chi connectivity index (χ0v) is 33.8. The number of rotatable bonds is 9. The molecule has 4 aromatic carbocycles. The number of aliphatic hydroxyl groups excluding tert-OH is 1. The molecule has 4 nitrogen and oxygen atoms in total. The molecular formula is C45H52IrN2O2. The molecule has 0 spiro atoms. The number of hydrogen-bond acceptors (Lipinski definition) is 3. The zero-order valence-electron chi connectivity index (χ0n) is 31.4. The molecule has 1 heterocycles. The van der Waals surface area contributed by atoms with Gasteiger partial charge in [-0.15, -0.1) is 34.9 Å². The Morgan fingerprint density at radius 1 is 0.820 bits per heavy atom. The molecule has 5 rings (SSSR count). The van der Waals surface area contributed by atoms with E-state index >= 15 is 0 Å². The molecule has 0 aliphatic heterocycles. The van der Waals surface area contributed by atoms with Crippen LogP contribution in [0.5, 0.6) is 0 Å². The Hall–Kier alpha value is -4.10. The Balaban J connectivity index is 0.000000323. The maximum atomic E-state index is 10.2. The second-order valence-electron chi connectivity index (χ2n) is 14.1. The number of aromatic nitrogens is 1. The first kappa shape index (κ1) is 40.3. The predicted molar refractivity (Wildman–Crippen MR) is 208 cm³/mol. The second kappa shape index (κ2) is 16.7. The van der Waals surface area contributed by atoms with Crippen LogP contribution in [0.3, 0.4) is 0 Å². The molecule has 1 radical (unpaired) electrons. The number of aryl methyl sites for hydroxylation is 4. The fourth-order valence-corrected chi connectivity index (χ4v) is 6.57. The van der Waals surface area contributed by atoms with Gasteiger partial charge >= 0.3 is 5.78 Å². The molecule has 0 fully saturated rings. The molecule has 0 aliphatic carbocycles. The van der Waals surface area contributed by atoms with Crippen molar-refractivity contribution in [3.05, 3.63) is 113 Å². The van der Waals surface area contributed by atoms with Gasteiger partial charge < -0.3 is 10.1 Å². The van der Waals surface area contributed by atoms with Crippen LogP contribution in [-0.4, -0.2) is 20.7 Å². The molecule has 50 heavy (non-hydrogen) atoms. The van der Waals surface area contributed by atoms with Crippen molar-refractivity contribution in [2.45, 2.75) is 94.9 Å². The van der Waals surface area contributed by atoms with Crippen molar-refractivity contribution in [1.82, 2.24) is 4.98 Å². The van der Waals surface area contributed by atoms with Crippen LogP contribution >= 0.6 is 0 Å². The summed E-state index contributed by atoms with van der Waals surface area (Å²) in [5, 5.41) is 24.2. The summed E-state index contributed by atoms with van der Waals surface area (Å²) in [6, 6.07) is 27.0. The van der Waals surface area contributed by atoms with Gasteiger partial charge in [0, 0.05) is 31.7 Å². The fourth-order valence-electron chi connectivity index (χ4n) is 6.57. The van der Waals surface area contributed by atoms with E-state index in [1.54, 1.807) is 6.08 Å². The van der Waals surface area contributed by atoms with E-state index in [0.29, 0.717) is 17.1 Å². The van der Waals surface area contributed by atoms with E-state index in [-0.39, 0.29) is 30.9 Å². The summed E-state index contributed by atoms with van der Waals surface area (Å²) >= 11 is 0. The number of carbonyl (C=O) groups excluding carboxylic acids is 1. The van der Waals surface area contributed by atoms with Crippen LogP contribution in [0.15, 0.2) is 78.7 Å². The summed E-state index contributed by atoms with van der Waals surface area (Å²) in [4.78, 5) is 14.9. The van der Waals surface area contributed by atoms with Crippen molar-refractivity contribution in [1.29, 1.82) is 5.26 Å². The van der Waals surface area contributed by atoms with Crippen LogP contribution in [0.25, 0.3) is 43.9 Å². The average molecular weight is 845 g/mol. The van der Waals surface area contributed by atoms with Crippen LogP contribution in [0.1, 0.15) is 95.0 Å². The molecule has 2 N–H and O–H groups in total. The van der Waals surface area contributed by atoms with E-state index in [2.05, 4.69) is 116 Å². The summed E-state index contributed by atoms with van der Waals surface area (Å²) in [6.07, 6.45) is 6.94. The van der Waals surface area contributed by atoms with Crippen LogP contribution in [0, 0.1) is 55.9 Å². The minimum Gasteiger partial charge on any atom is -0.511 e. The number of nitriles is 1. The molecule has 1 aromatic heterocycles. The molecule has 263 valence electrons. The zero-order chi connectivity index (χ0) is 36.1. The molecule has 0 aliphatic rings. The molecular weight excluding hydrogens is 793 g/mol. The summed E-state index contributed by atoms with van der Waals surface area (Å²) in [5.74, 6) is 0.598. The van der Waals surface area contributed by atoms with Crippen molar-refractivity contribution in [3.63, 3.8) is 0 Å². The Kier molecular flexibility index (Phi) is 13.5. The Labute approximate surface area is 313 Å². The minimum absolute atomic E-state index is 0. The number of allylic oxidation sites excluding steroid dienone is 2. The molecule has 5 heteroatoms. The quantitative estimate of drug-likeness (QED) is 0.0528. The number of benzene rings is 4. The smallest absolute Gasteiger partial charge is 0.325 e. The number of aliphatic hydroxyl groups is 1. The number of hydrogen-bond donors (Lipinski definition) is 1. The van der Waals surface area contributed by atoms with Crippen LogP contribution in [0.2, 0.25) is 0 Å². The molecule has 0 unspecified atom stereocenters. The molecule has 0 saturated carbocycles. The Morgan fingerprint density at radius 3 is 1.98 bits per heavy atom. The normalized spacial score (nSPS) is 11.8. The summed E-state index contributed by atoms with van der Waals surface area (Å²) in [5.41, 5.74) is 9.22. The number of ketones is 1. The van der Waals surface area contributed by atoms with Gasteiger partial charge in [0.2, 0.25) is 0 Å². The largest absolute Gasteiger partial charge is 0.511 e. The van der Waals surface area contributed by atoms with E-state index in [4.69, 9.17) is 4.98 Å². The molecule has 0 bridgehead atoms. The van der Waals surface area contributed by atoms with E-state index in [1.165, 1.54) is 32.8 Å². The first-order chi connectivity index (χ1) is 23.2. The van der Waals surface area contributed by atoms with Gasteiger partial charge in [0.05, 0.1) is 23.1 Å². The van der Waals surface area contributed by atoms with Crippen LogP contribution in [0.4, 0.5) is 0 Å². The fraction of sp³-hybridized carbons (Fsp3) is 0.356. The third kappa shape index (κ3) is 8.43. The van der Waals surface area contributed by atoms with Crippen molar-refractivity contribution in [3.8, 4) is 28.5 Å². The van der Waals surface area contributed by atoms with E-state index in [9.17, 15) is 15.2 Å². The van der Waals surface area contributed by atoms with Crippen molar-refractivity contribution in [2.24, 2.45) is 10.8 Å². The minimum atomic E-state index is -0.226. The third-order valence-electron chi connectivity index (χ3n) is 10.7. The van der Waals surface area contributed by atoms with Gasteiger partial charge in [0.1, 0.15) is 5.76 Å². The predicted octanol–water partition coefficient (Wildman–Crippen LogP) is 12.3. The topological polar surface area (TPSA) is 78.3 Å². The van der Waals surface area contributed by atoms with Gasteiger partial charge in [-0.3, -0.25) is 4.79 Å². The molecule has 0 amide bonds. The van der Waals surface area contributed by atoms with Gasteiger partial charge in [-0.1, -0.05) is 72.7 Å². The van der Waals surface area contributed by atoms with Gasteiger partial charge in [-0.25, -0.2) is 0 Å². The van der Waals surface area contributed by atoms with Gasteiger partial charge in [0.25, 0.3) is 0 Å². The maximum Gasteiger partial charge on any atom is 0.325 e. The van der Waals surface area contributed by atoms with Crippen molar-refractivity contribution >= 4 is 27.3 Å². The third-order valence-corrected chi connectivity index (χ3v) is 10.7. The van der Waals surface area contributed by atoms with Crippen LogP contribution in [-0.2, 0) is 20.1 Å². The summed E-state index contributed by atoms with van der Waals surface area (Å²) in [6.45, 7) is 20.6. The SMILES string of the molecule is CCC(C)(CC)C(=[OH+])/C=C(\O)C(C)(CC)CC.Cc1[c-]c(-c2nccc3c2ccc2cc(-c4c(C)cc(C#N)cc4C)ccc23)cc(C)c1.[Ir]. The first-order valence-corrected chi connectivity index (χ1v) is 17.6. The molecule has 0 atom stereocenters. The van der Waals surface area contributed by atoms with Crippen molar-refractivity contribution < 1.29 is 30.0 Å². The monoisotopic (exact) mass is 845 g/mol. The van der Waals surface area contributed by atoms with E-state index in [1.807, 2.05) is 32.2 Å². The average Bonchev–Trinajstić information content (AvgIpc) is 3.09. The summed E-state index contributed by atoms with van der Waals surface area (Å²) < 4.78 is 0. The van der Waals surface area contributed by atoms with Gasteiger partial charge in [-0.2, -0.15) is 5.26 Å².